The molecule has 0 spiro atoms. The minimum absolute atomic E-state index is 0.124. The summed E-state index contributed by atoms with van der Waals surface area (Å²) in [6, 6.07) is 2.96. The van der Waals surface area contributed by atoms with Crippen LogP contribution in [0.25, 0.3) is 0 Å². The van der Waals surface area contributed by atoms with E-state index in [4.69, 9.17) is 5.73 Å². The average molecular weight is 322 g/mol. The predicted octanol–water partition coefficient (Wildman–Crippen LogP) is 2.14. The molecule has 118 valence electrons. The Kier molecular flexibility index (Phi) is 3.84. The van der Waals surface area contributed by atoms with E-state index in [-0.39, 0.29) is 24.3 Å². The van der Waals surface area contributed by atoms with Crippen molar-refractivity contribution >= 4 is 10.0 Å². The molecule has 3 N–H and O–H groups in total. The van der Waals surface area contributed by atoms with Gasteiger partial charge in [0, 0.05) is 6.54 Å². The number of alkyl halides is 3. The summed E-state index contributed by atoms with van der Waals surface area (Å²) in [7, 11) is -4.24. The number of hydrogen-bond donors (Lipinski definition) is 2. The van der Waals surface area contributed by atoms with Gasteiger partial charge in [-0.1, -0.05) is 6.07 Å². The first-order valence-corrected chi connectivity index (χ1v) is 7.92. The highest BCUT2D eigenvalue weighted by molar-refractivity contribution is 7.89. The third kappa shape index (κ3) is 2.93. The lowest BCUT2D eigenvalue weighted by atomic mass is 10.1. The maximum atomic E-state index is 12.9. The molecule has 1 aromatic rings. The van der Waals surface area contributed by atoms with Gasteiger partial charge in [-0.2, -0.15) is 17.9 Å². The fourth-order valence-electron chi connectivity index (χ4n) is 2.26. The molecule has 1 saturated carbocycles. The molecule has 1 aliphatic rings. The fraction of sp³-hybridized carbons (Fsp3) is 0.538. The minimum atomic E-state index is -4.59. The van der Waals surface area contributed by atoms with E-state index in [0.717, 1.165) is 5.56 Å². The van der Waals surface area contributed by atoms with Crippen molar-refractivity contribution in [3.8, 4) is 0 Å². The quantitative estimate of drug-likeness (QED) is 0.892. The summed E-state index contributed by atoms with van der Waals surface area (Å²) in [5, 5.41) is 0. The molecule has 1 aliphatic carbocycles. The second kappa shape index (κ2) is 4.96. The average Bonchev–Trinajstić information content (AvgIpc) is 3.08. The van der Waals surface area contributed by atoms with Gasteiger partial charge in [0.1, 0.15) is 5.54 Å². The van der Waals surface area contributed by atoms with Crippen molar-refractivity contribution in [1.29, 1.82) is 0 Å². The Labute approximate surface area is 121 Å². The molecule has 0 radical (unpaired) electrons. The van der Waals surface area contributed by atoms with Gasteiger partial charge in [0.2, 0.25) is 10.0 Å². The maximum absolute atomic E-state index is 12.9. The van der Waals surface area contributed by atoms with Gasteiger partial charge in [-0.3, -0.25) is 0 Å². The monoisotopic (exact) mass is 322 g/mol. The van der Waals surface area contributed by atoms with Crippen LogP contribution in [0.15, 0.2) is 17.0 Å². The number of hydrogen-bond acceptors (Lipinski definition) is 3. The smallest absolute Gasteiger partial charge is 0.326 e. The first-order valence-electron chi connectivity index (χ1n) is 6.43. The van der Waals surface area contributed by atoms with Crippen molar-refractivity contribution in [2.75, 3.05) is 0 Å². The zero-order valence-electron chi connectivity index (χ0n) is 11.7. The molecule has 8 heteroatoms. The van der Waals surface area contributed by atoms with Crippen LogP contribution in [0.1, 0.15) is 29.5 Å². The number of nitrogens with one attached hydrogen (secondary N) is 1. The lowest BCUT2D eigenvalue weighted by Crippen LogP contribution is -2.47. The van der Waals surface area contributed by atoms with Gasteiger partial charge in [-0.25, -0.2) is 8.42 Å². The Morgan fingerprint density at radius 2 is 1.81 bits per heavy atom. The summed E-state index contributed by atoms with van der Waals surface area (Å²) < 4.78 is 65.1. The summed E-state index contributed by atoms with van der Waals surface area (Å²) in [5.41, 5.74) is 5.02. The van der Waals surface area contributed by atoms with Crippen molar-refractivity contribution in [3.63, 3.8) is 0 Å². The van der Waals surface area contributed by atoms with Crippen LogP contribution in [-0.4, -0.2) is 20.1 Å². The Morgan fingerprint density at radius 1 is 1.24 bits per heavy atom. The Bertz CT molecular complexity index is 665. The van der Waals surface area contributed by atoms with E-state index in [1.807, 2.05) is 4.72 Å². The van der Waals surface area contributed by atoms with Gasteiger partial charge in [-0.15, -0.1) is 0 Å². The van der Waals surface area contributed by atoms with Gasteiger partial charge < -0.3 is 5.73 Å². The zero-order valence-corrected chi connectivity index (χ0v) is 12.5. The number of benzene rings is 1. The molecule has 21 heavy (non-hydrogen) atoms. The lowest BCUT2D eigenvalue weighted by molar-refractivity contribution is -0.160. The normalized spacial score (nSPS) is 17.8. The second-order valence-electron chi connectivity index (χ2n) is 5.43. The molecule has 0 heterocycles. The highest BCUT2D eigenvalue weighted by Crippen LogP contribution is 2.49. The zero-order chi connectivity index (χ0) is 16.1. The molecule has 0 atom stereocenters. The van der Waals surface area contributed by atoms with Crippen LogP contribution in [0.5, 0.6) is 0 Å². The molecule has 0 aliphatic heterocycles. The molecule has 0 unspecified atom stereocenters. The number of rotatable bonds is 4. The molecular formula is C13H17F3N2O2S. The SMILES string of the molecule is Cc1cc(C)c(S(=O)(=O)NC2(C(F)(F)F)CC2)cc1CN. The lowest BCUT2D eigenvalue weighted by Gasteiger charge is -2.21. The third-order valence-corrected chi connectivity index (χ3v) is 5.44. The van der Waals surface area contributed by atoms with Gasteiger partial charge in [-0.05, 0) is 49.4 Å². The van der Waals surface area contributed by atoms with Gasteiger partial charge >= 0.3 is 6.18 Å². The van der Waals surface area contributed by atoms with E-state index < -0.39 is 21.7 Å². The highest BCUT2D eigenvalue weighted by atomic mass is 32.2. The van der Waals surface area contributed by atoms with Crippen LogP contribution in [0, 0.1) is 13.8 Å². The largest absolute Gasteiger partial charge is 0.407 e. The number of aryl methyl sites for hydroxylation is 2. The summed E-state index contributed by atoms with van der Waals surface area (Å²) >= 11 is 0. The van der Waals surface area contributed by atoms with Gasteiger partial charge in [0.25, 0.3) is 0 Å². The van der Waals surface area contributed by atoms with Gasteiger partial charge in [0.15, 0.2) is 0 Å². The minimum Gasteiger partial charge on any atom is -0.326 e. The Morgan fingerprint density at radius 3 is 2.24 bits per heavy atom. The van der Waals surface area contributed by atoms with Crippen LogP contribution in [0.3, 0.4) is 0 Å². The second-order valence-corrected chi connectivity index (χ2v) is 7.08. The van der Waals surface area contributed by atoms with Crippen molar-refractivity contribution in [2.45, 2.75) is 49.8 Å². The summed E-state index contributed by atoms with van der Waals surface area (Å²) in [4.78, 5) is -0.149. The topological polar surface area (TPSA) is 72.2 Å². The molecule has 0 saturated heterocycles. The van der Waals surface area contributed by atoms with Crippen LogP contribution >= 0.6 is 0 Å². The van der Waals surface area contributed by atoms with Crippen molar-refractivity contribution in [3.05, 3.63) is 28.8 Å². The van der Waals surface area contributed by atoms with E-state index in [1.54, 1.807) is 19.9 Å². The van der Waals surface area contributed by atoms with Gasteiger partial charge in [0.05, 0.1) is 4.90 Å². The fourth-order valence-corrected chi connectivity index (χ4v) is 3.99. The summed E-state index contributed by atoms with van der Waals surface area (Å²) in [5.74, 6) is 0. The molecule has 1 fully saturated rings. The third-order valence-electron chi connectivity index (χ3n) is 3.77. The first-order chi connectivity index (χ1) is 9.52. The van der Waals surface area contributed by atoms with E-state index in [9.17, 15) is 21.6 Å². The molecule has 0 bridgehead atoms. The summed E-state index contributed by atoms with van der Waals surface area (Å²) in [6.07, 6.45) is -5.05. The van der Waals surface area contributed by atoms with E-state index in [0.29, 0.717) is 11.1 Å². The van der Waals surface area contributed by atoms with Crippen LogP contribution < -0.4 is 10.5 Å². The van der Waals surface area contributed by atoms with Crippen LogP contribution in [-0.2, 0) is 16.6 Å². The molecule has 2 rings (SSSR count). The molecule has 1 aromatic carbocycles. The predicted molar refractivity (Wildman–Crippen MR) is 72.1 cm³/mol. The Balaban J connectivity index is 2.42. The molecule has 4 nitrogen and oxygen atoms in total. The van der Waals surface area contributed by atoms with E-state index in [1.165, 1.54) is 6.07 Å². The van der Waals surface area contributed by atoms with Crippen LogP contribution in [0.2, 0.25) is 0 Å². The Hall–Kier alpha value is -1.12. The van der Waals surface area contributed by atoms with Crippen LogP contribution in [0.4, 0.5) is 13.2 Å². The number of sulfonamides is 1. The van der Waals surface area contributed by atoms with Crippen molar-refractivity contribution in [1.82, 2.24) is 4.72 Å². The maximum Gasteiger partial charge on any atom is 0.407 e. The summed E-state index contributed by atoms with van der Waals surface area (Å²) in [6.45, 7) is 3.45. The van der Waals surface area contributed by atoms with E-state index >= 15 is 0 Å². The van der Waals surface area contributed by atoms with Crippen molar-refractivity contribution in [2.24, 2.45) is 5.73 Å². The molecule has 0 amide bonds. The van der Waals surface area contributed by atoms with E-state index in [2.05, 4.69) is 0 Å². The standard InChI is InChI=1S/C13H17F3N2O2S/c1-8-5-9(2)11(6-10(8)7-17)21(19,20)18-12(3-4-12)13(14,15)16/h5-6,18H,3-4,7,17H2,1-2H3. The highest BCUT2D eigenvalue weighted by Gasteiger charge is 2.65. The van der Waals surface area contributed by atoms with Crippen molar-refractivity contribution < 1.29 is 21.6 Å². The molecule has 0 aromatic heterocycles. The number of halogens is 3. The molecular weight excluding hydrogens is 305 g/mol. The first kappa shape index (κ1) is 16.3. The number of nitrogens with two attached hydrogens (primary N) is 1.